The molecule has 2 aromatic heterocycles. The number of pyridine rings is 2. The average Bonchev–Trinajstić information content (AvgIpc) is 2.71. The first kappa shape index (κ1) is 24.9. The molecule has 160 valence electrons. The molecule has 29 heavy (non-hydrogen) atoms. The summed E-state index contributed by atoms with van der Waals surface area (Å²) in [7, 11) is 0. The molecule has 0 saturated heterocycles. The van der Waals surface area contributed by atoms with E-state index in [1.165, 1.54) is 6.20 Å². The van der Waals surface area contributed by atoms with Crippen molar-refractivity contribution in [2.24, 2.45) is 0 Å². The third-order valence-corrected chi connectivity index (χ3v) is 4.03. The average molecular weight is 443 g/mol. The molecular weight excluding hydrogens is 415 g/mol. The molecular formula is C20H28Cl2N4O3. The van der Waals surface area contributed by atoms with Gasteiger partial charge in [0.15, 0.2) is 0 Å². The van der Waals surface area contributed by atoms with Gasteiger partial charge in [-0.3, -0.25) is 0 Å². The minimum absolute atomic E-state index is 0.0176. The second kappa shape index (κ2) is 14.0. The van der Waals surface area contributed by atoms with E-state index in [1.807, 2.05) is 6.92 Å². The van der Waals surface area contributed by atoms with E-state index in [2.05, 4.69) is 27.5 Å². The molecule has 0 aromatic carbocycles. The third-order valence-electron chi connectivity index (χ3n) is 3.62. The smallest absolute Gasteiger partial charge is 0.341 e. The van der Waals surface area contributed by atoms with E-state index in [-0.39, 0.29) is 12.6 Å². The van der Waals surface area contributed by atoms with E-state index >= 15 is 0 Å². The third kappa shape index (κ3) is 8.85. The number of hydrogen-bond donors (Lipinski definition) is 3. The van der Waals surface area contributed by atoms with Gasteiger partial charge in [0.05, 0.1) is 18.9 Å². The molecule has 0 saturated carbocycles. The molecule has 0 aliphatic carbocycles. The van der Waals surface area contributed by atoms with Crippen LogP contribution < -0.4 is 10.6 Å². The van der Waals surface area contributed by atoms with Crippen molar-refractivity contribution >= 4 is 40.5 Å². The second-order valence-electron chi connectivity index (χ2n) is 5.95. The molecule has 0 unspecified atom stereocenters. The summed E-state index contributed by atoms with van der Waals surface area (Å²) in [5, 5.41) is 16.1. The molecule has 0 bridgehead atoms. The lowest BCUT2D eigenvalue weighted by Gasteiger charge is -2.10. The van der Waals surface area contributed by atoms with Crippen molar-refractivity contribution in [2.45, 2.75) is 40.2 Å². The fourth-order valence-corrected chi connectivity index (χ4v) is 2.53. The van der Waals surface area contributed by atoms with Crippen molar-refractivity contribution in [3.63, 3.8) is 0 Å². The van der Waals surface area contributed by atoms with Gasteiger partial charge in [0, 0.05) is 36.7 Å². The summed E-state index contributed by atoms with van der Waals surface area (Å²) in [6.07, 6.45) is 5.01. The number of anilines is 2. The fourth-order valence-electron chi connectivity index (χ4n) is 2.22. The van der Waals surface area contributed by atoms with Crippen LogP contribution in [0.5, 0.6) is 0 Å². The van der Waals surface area contributed by atoms with Crippen LogP contribution in [0.25, 0.3) is 0 Å². The highest BCUT2D eigenvalue weighted by Gasteiger charge is 2.13. The van der Waals surface area contributed by atoms with Crippen molar-refractivity contribution < 1.29 is 14.6 Å². The highest BCUT2D eigenvalue weighted by atomic mass is 35.5. The maximum atomic E-state index is 11.6. The lowest BCUT2D eigenvalue weighted by molar-refractivity contribution is 0.0527. The molecule has 0 aliphatic rings. The van der Waals surface area contributed by atoms with Crippen LogP contribution in [0, 0.1) is 0 Å². The Morgan fingerprint density at radius 2 is 1.55 bits per heavy atom. The molecule has 7 nitrogen and oxygen atoms in total. The van der Waals surface area contributed by atoms with Crippen LogP contribution in [0.2, 0.25) is 10.3 Å². The van der Waals surface area contributed by atoms with Gasteiger partial charge in [-0.25, -0.2) is 14.8 Å². The van der Waals surface area contributed by atoms with Crippen LogP contribution >= 0.6 is 23.2 Å². The summed E-state index contributed by atoms with van der Waals surface area (Å²) in [5.74, 6) is -0.384. The van der Waals surface area contributed by atoms with E-state index in [0.29, 0.717) is 28.2 Å². The predicted molar refractivity (Wildman–Crippen MR) is 118 cm³/mol. The van der Waals surface area contributed by atoms with Crippen LogP contribution in [0.1, 0.15) is 49.5 Å². The Morgan fingerprint density at radius 1 is 1.00 bits per heavy atom. The first-order chi connectivity index (χ1) is 14.0. The van der Waals surface area contributed by atoms with Gasteiger partial charge >= 0.3 is 5.97 Å². The normalized spacial score (nSPS) is 10.0. The number of esters is 1. The lowest BCUT2D eigenvalue weighted by atomic mass is 10.2. The highest BCUT2D eigenvalue weighted by molar-refractivity contribution is 6.30. The predicted octanol–water partition coefficient (Wildman–Crippen LogP) is 4.78. The number of nitrogens with zero attached hydrogens (tertiary/aromatic N) is 2. The van der Waals surface area contributed by atoms with Gasteiger partial charge < -0.3 is 20.5 Å². The van der Waals surface area contributed by atoms with E-state index < -0.39 is 0 Å². The second-order valence-corrected chi connectivity index (χ2v) is 6.72. The number of carbonyl (C=O) groups is 1. The zero-order valence-corrected chi connectivity index (χ0v) is 18.5. The molecule has 0 amide bonds. The molecule has 0 atom stereocenters. The van der Waals surface area contributed by atoms with Crippen molar-refractivity contribution in [1.29, 1.82) is 0 Å². The minimum Gasteiger partial charge on any atom is -0.462 e. The van der Waals surface area contributed by atoms with Crippen molar-refractivity contribution in [1.82, 2.24) is 9.97 Å². The van der Waals surface area contributed by atoms with Crippen molar-refractivity contribution in [2.75, 3.05) is 30.3 Å². The van der Waals surface area contributed by atoms with E-state index in [1.54, 1.807) is 25.3 Å². The molecule has 0 radical (unpaired) electrons. The zero-order chi connectivity index (χ0) is 21.6. The quantitative estimate of drug-likeness (QED) is 0.379. The summed E-state index contributed by atoms with van der Waals surface area (Å²) in [6.45, 7) is 7.85. The molecule has 9 heteroatoms. The lowest BCUT2D eigenvalue weighted by Crippen LogP contribution is -2.11. The number of halogens is 2. The molecule has 2 heterocycles. The monoisotopic (exact) mass is 442 g/mol. The van der Waals surface area contributed by atoms with Crippen LogP contribution in [-0.2, 0) is 11.3 Å². The SMILES string of the molecule is CCCNc1cc(Cl)ncc1C(=O)OCC.CCCNc1cc(Cl)ncc1CO. The van der Waals surface area contributed by atoms with Gasteiger partial charge in [0.25, 0.3) is 0 Å². The standard InChI is InChI=1S/C11H15ClN2O2.C9H13ClN2O/c1-3-5-13-9-6-10(12)14-7-8(9)11(15)16-4-2;1-2-3-11-8-4-9(10)12-5-7(8)6-13/h6-7H,3-5H2,1-2H3,(H,13,14);4-5,13H,2-3,6H2,1H3,(H,11,12). The zero-order valence-electron chi connectivity index (χ0n) is 17.0. The van der Waals surface area contributed by atoms with E-state index in [4.69, 9.17) is 33.0 Å². The molecule has 2 rings (SSSR count). The molecule has 0 aliphatic heterocycles. The van der Waals surface area contributed by atoms with E-state index in [0.717, 1.165) is 37.2 Å². The molecule has 2 aromatic rings. The first-order valence-electron chi connectivity index (χ1n) is 9.52. The summed E-state index contributed by atoms with van der Waals surface area (Å²) >= 11 is 11.5. The van der Waals surface area contributed by atoms with Gasteiger partial charge in [-0.2, -0.15) is 0 Å². The van der Waals surface area contributed by atoms with Crippen LogP contribution in [0.15, 0.2) is 24.5 Å². The first-order valence-corrected chi connectivity index (χ1v) is 10.3. The Balaban J connectivity index is 0.000000296. The number of carbonyl (C=O) groups excluding carboxylic acids is 1. The summed E-state index contributed by atoms with van der Waals surface area (Å²) in [4.78, 5) is 19.4. The molecule has 0 spiro atoms. The number of rotatable bonds is 9. The number of aromatic nitrogens is 2. The Morgan fingerprint density at radius 3 is 2.10 bits per heavy atom. The minimum atomic E-state index is -0.384. The number of aliphatic hydroxyl groups excluding tert-OH is 1. The van der Waals surface area contributed by atoms with Crippen molar-refractivity contribution in [3.05, 3.63) is 46.0 Å². The highest BCUT2D eigenvalue weighted by Crippen LogP contribution is 2.20. The Hall–Kier alpha value is -2.09. The van der Waals surface area contributed by atoms with Crippen LogP contribution in [0.3, 0.4) is 0 Å². The Kier molecular flexibility index (Phi) is 12.0. The van der Waals surface area contributed by atoms with Crippen molar-refractivity contribution in [3.8, 4) is 0 Å². The maximum Gasteiger partial charge on any atom is 0.341 e. The van der Waals surface area contributed by atoms with Gasteiger partial charge in [-0.15, -0.1) is 0 Å². The summed E-state index contributed by atoms with van der Waals surface area (Å²) in [6, 6.07) is 3.35. The number of aliphatic hydroxyl groups is 1. The topological polar surface area (TPSA) is 96.4 Å². The largest absolute Gasteiger partial charge is 0.462 e. The molecule has 0 fully saturated rings. The number of hydrogen-bond acceptors (Lipinski definition) is 7. The summed E-state index contributed by atoms with van der Waals surface area (Å²) in [5.41, 5.74) is 2.72. The number of ether oxygens (including phenoxy) is 1. The van der Waals surface area contributed by atoms with Crippen LogP contribution in [-0.4, -0.2) is 40.7 Å². The van der Waals surface area contributed by atoms with Gasteiger partial charge in [0.2, 0.25) is 0 Å². The fraction of sp³-hybridized carbons (Fsp3) is 0.450. The van der Waals surface area contributed by atoms with E-state index in [9.17, 15) is 4.79 Å². The molecule has 3 N–H and O–H groups in total. The van der Waals surface area contributed by atoms with Crippen LogP contribution in [0.4, 0.5) is 11.4 Å². The summed E-state index contributed by atoms with van der Waals surface area (Å²) < 4.78 is 4.93. The van der Waals surface area contributed by atoms with Gasteiger partial charge in [0.1, 0.15) is 15.9 Å². The Bertz CT molecular complexity index is 775. The Labute approximate surface area is 181 Å². The number of nitrogens with one attached hydrogen (secondary N) is 2. The maximum absolute atomic E-state index is 11.6. The van der Waals surface area contributed by atoms with Gasteiger partial charge in [-0.05, 0) is 31.9 Å². The van der Waals surface area contributed by atoms with Gasteiger partial charge in [-0.1, -0.05) is 37.0 Å².